The van der Waals surface area contributed by atoms with Gasteiger partial charge in [-0.05, 0) is 36.5 Å². The van der Waals surface area contributed by atoms with Crippen LogP contribution in [0.15, 0.2) is 48.7 Å². The molecular weight excluding hydrogens is 390 g/mol. The van der Waals surface area contributed by atoms with E-state index < -0.39 is 16.0 Å². The Morgan fingerprint density at radius 1 is 1.07 bits per heavy atom. The first-order chi connectivity index (χ1) is 13.9. The van der Waals surface area contributed by atoms with E-state index in [1.807, 2.05) is 36.4 Å². The van der Waals surface area contributed by atoms with Crippen LogP contribution in [0.25, 0.3) is 0 Å². The molecule has 3 aliphatic rings. The Morgan fingerprint density at radius 3 is 2.52 bits per heavy atom. The van der Waals surface area contributed by atoms with Gasteiger partial charge >= 0.3 is 5.97 Å². The maximum absolute atomic E-state index is 13.1. The largest absolute Gasteiger partial charge is 0.477 e. The number of carbonyl (C=O) groups is 1. The van der Waals surface area contributed by atoms with Gasteiger partial charge < -0.3 is 10.0 Å². The summed E-state index contributed by atoms with van der Waals surface area (Å²) in [4.78, 5) is 17.3. The molecule has 1 aromatic carbocycles. The highest BCUT2D eigenvalue weighted by Crippen LogP contribution is 2.49. The van der Waals surface area contributed by atoms with Crippen molar-refractivity contribution in [3.8, 4) is 0 Å². The number of benzene rings is 1. The monoisotopic (exact) mass is 413 g/mol. The van der Waals surface area contributed by atoms with Crippen LogP contribution in [0.4, 0.5) is 5.69 Å². The summed E-state index contributed by atoms with van der Waals surface area (Å²) in [5.74, 6) is -0.655. The summed E-state index contributed by atoms with van der Waals surface area (Å²) >= 11 is 0. The number of hydrogen-bond acceptors (Lipinski definition) is 5. The molecule has 152 valence electrons. The zero-order valence-corrected chi connectivity index (χ0v) is 16.7. The maximum atomic E-state index is 13.1. The van der Waals surface area contributed by atoms with Crippen LogP contribution in [-0.2, 0) is 10.0 Å². The molecule has 1 aliphatic carbocycles. The van der Waals surface area contributed by atoms with E-state index in [-0.39, 0.29) is 28.8 Å². The molecule has 1 saturated carbocycles. The molecule has 0 radical (unpaired) electrons. The van der Waals surface area contributed by atoms with Gasteiger partial charge in [0.15, 0.2) is 0 Å². The van der Waals surface area contributed by atoms with E-state index in [0.717, 1.165) is 24.1 Å². The average Bonchev–Trinajstić information content (AvgIpc) is 3.41. The Balaban J connectivity index is 1.46. The number of aromatic nitrogens is 1. The summed E-state index contributed by atoms with van der Waals surface area (Å²) in [7, 11) is -3.28. The van der Waals surface area contributed by atoms with Crippen LogP contribution in [0.2, 0.25) is 0 Å². The Hall–Kier alpha value is -2.45. The number of carboxylic acid groups (broad SMARTS) is 1. The minimum atomic E-state index is -3.28. The van der Waals surface area contributed by atoms with E-state index in [1.54, 1.807) is 10.4 Å². The van der Waals surface area contributed by atoms with Gasteiger partial charge in [-0.25, -0.2) is 18.2 Å². The highest BCUT2D eigenvalue weighted by molar-refractivity contribution is 7.90. The number of fused-ring (bicyclic) bond motifs is 1. The standard InChI is InChI=1S/C21H23N3O4S/c25-21(26)19-10-16(8-9-22-19)23-11-15-12-24(29(27,28)17-6-7-17)20(18(15)13-23)14-4-2-1-3-5-14/h1-5,8-10,15,17-18,20H,6-7,11-13H2,(H,25,26)/t15-,18-,20+/m0/s1. The van der Waals surface area contributed by atoms with E-state index in [9.17, 15) is 18.3 Å². The number of hydrogen-bond donors (Lipinski definition) is 1. The fourth-order valence-corrected chi connectivity index (χ4v) is 6.94. The number of pyridine rings is 1. The molecule has 8 heteroatoms. The van der Waals surface area contributed by atoms with Crippen molar-refractivity contribution >= 4 is 21.7 Å². The van der Waals surface area contributed by atoms with Crippen LogP contribution in [0.5, 0.6) is 0 Å². The number of sulfonamides is 1. The van der Waals surface area contributed by atoms with Gasteiger partial charge in [0.2, 0.25) is 10.0 Å². The third-order valence-corrected chi connectivity index (χ3v) is 8.71. The second-order valence-electron chi connectivity index (χ2n) is 8.20. The number of carboxylic acids is 1. The fraction of sp³-hybridized carbons (Fsp3) is 0.429. The minimum absolute atomic E-state index is 0.0251. The Morgan fingerprint density at radius 2 is 1.83 bits per heavy atom. The number of anilines is 1. The summed E-state index contributed by atoms with van der Waals surface area (Å²) in [5, 5.41) is 9.01. The molecule has 1 N–H and O–H groups in total. The van der Waals surface area contributed by atoms with E-state index >= 15 is 0 Å². The first kappa shape index (κ1) is 18.6. The lowest BCUT2D eigenvalue weighted by Gasteiger charge is -2.30. The smallest absolute Gasteiger partial charge is 0.354 e. The zero-order chi connectivity index (χ0) is 20.2. The van der Waals surface area contributed by atoms with Gasteiger partial charge in [-0.2, -0.15) is 4.31 Å². The van der Waals surface area contributed by atoms with Gasteiger partial charge in [0.1, 0.15) is 5.69 Å². The van der Waals surface area contributed by atoms with Crippen molar-refractivity contribution in [1.29, 1.82) is 0 Å². The van der Waals surface area contributed by atoms with E-state index in [0.29, 0.717) is 19.6 Å². The molecule has 0 unspecified atom stereocenters. The molecule has 3 heterocycles. The third kappa shape index (κ3) is 3.20. The predicted octanol–water partition coefficient (Wildman–Crippen LogP) is 2.38. The van der Waals surface area contributed by atoms with Crippen LogP contribution in [0.3, 0.4) is 0 Å². The summed E-state index contributed by atoms with van der Waals surface area (Å²) < 4.78 is 28.0. The molecule has 5 rings (SSSR count). The molecule has 0 bridgehead atoms. The predicted molar refractivity (Wildman–Crippen MR) is 108 cm³/mol. The maximum Gasteiger partial charge on any atom is 0.354 e. The SMILES string of the molecule is O=C(O)c1cc(N2C[C@H]3CN(S(=O)(=O)C4CC4)[C@H](c4ccccc4)[C@H]3C2)ccn1. The number of aromatic carboxylic acids is 1. The molecule has 2 aromatic rings. The minimum Gasteiger partial charge on any atom is -0.477 e. The molecule has 2 aliphatic heterocycles. The van der Waals surface area contributed by atoms with E-state index in [2.05, 4.69) is 9.88 Å². The van der Waals surface area contributed by atoms with Crippen molar-refractivity contribution in [3.63, 3.8) is 0 Å². The summed E-state index contributed by atoms with van der Waals surface area (Å²) in [6.45, 7) is 1.94. The second kappa shape index (κ2) is 6.81. The molecule has 7 nitrogen and oxygen atoms in total. The second-order valence-corrected chi connectivity index (χ2v) is 10.4. The number of rotatable bonds is 5. The average molecular weight is 413 g/mol. The van der Waals surface area contributed by atoms with E-state index in [4.69, 9.17) is 0 Å². The van der Waals surface area contributed by atoms with Gasteiger partial charge in [0.25, 0.3) is 0 Å². The summed E-state index contributed by atoms with van der Waals surface area (Å²) in [5.41, 5.74) is 1.89. The van der Waals surface area contributed by atoms with Crippen LogP contribution in [-0.4, -0.2) is 53.7 Å². The zero-order valence-electron chi connectivity index (χ0n) is 15.9. The van der Waals surface area contributed by atoms with Crippen LogP contribution in [0.1, 0.15) is 34.9 Å². The van der Waals surface area contributed by atoms with Crippen molar-refractivity contribution in [2.75, 3.05) is 24.5 Å². The van der Waals surface area contributed by atoms with Crippen LogP contribution in [0, 0.1) is 11.8 Å². The van der Waals surface area contributed by atoms with Crippen LogP contribution >= 0.6 is 0 Å². The lowest BCUT2D eigenvalue weighted by atomic mass is 9.90. The molecule has 0 spiro atoms. The fourth-order valence-electron chi connectivity index (χ4n) is 4.83. The molecule has 29 heavy (non-hydrogen) atoms. The van der Waals surface area contributed by atoms with Gasteiger partial charge in [-0.3, -0.25) is 0 Å². The normalized spacial score (nSPS) is 27.2. The lowest BCUT2D eigenvalue weighted by molar-refractivity contribution is 0.0690. The number of nitrogens with zero attached hydrogens (tertiary/aromatic N) is 3. The molecule has 3 atom stereocenters. The third-order valence-electron chi connectivity index (χ3n) is 6.36. The Kier molecular flexibility index (Phi) is 4.36. The molecular formula is C21H23N3O4S. The van der Waals surface area contributed by atoms with Crippen molar-refractivity contribution in [1.82, 2.24) is 9.29 Å². The molecule has 2 saturated heterocycles. The molecule has 0 amide bonds. The van der Waals surface area contributed by atoms with Gasteiger partial charge in [0, 0.05) is 37.4 Å². The summed E-state index contributed by atoms with van der Waals surface area (Å²) in [6.07, 6.45) is 3.04. The van der Waals surface area contributed by atoms with E-state index in [1.165, 1.54) is 6.20 Å². The van der Waals surface area contributed by atoms with Gasteiger partial charge in [0.05, 0.1) is 11.3 Å². The van der Waals surface area contributed by atoms with Crippen molar-refractivity contribution in [3.05, 3.63) is 59.9 Å². The quantitative estimate of drug-likeness (QED) is 0.809. The Bertz CT molecular complexity index is 1040. The first-order valence-corrected chi connectivity index (χ1v) is 11.5. The molecule has 1 aromatic heterocycles. The van der Waals surface area contributed by atoms with Crippen molar-refractivity contribution in [2.24, 2.45) is 11.8 Å². The summed E-state index contributed by atoms with van der Waals surface area (Å²) in [6, 6.07) is 13.1. The van der Waals surface area contributed by atoms with Crippen molar-refractivity contribution in [2.45, 2.75) is 24.1 Å². The topological polar surface area (TPSA) is 90.8 Å². The highest BCUT2D eigenvalue weighted by atomic mass is 32.2. The van der Waals surface area contributed by atoms with Crippen LogP contribution < -0.4 is 4.90 Å². The van der Waals surface area contributed by atoms with Crippen molar-refractivity contribution < 1.29 is 18.3 Å². The molecule has 3 fully saturated rings. The first-order valence-electron chi connectivity index (χ1n) is 9.95. The van der Waals surface area contributed by atoms with Gasteiger partial charge in [-0.15, -0.1) is 0 Å². The Labute approximate surface area is 170 Å². The van der Waals surface area contributed by atoms with Gasteiger partial charge in [-0.1, -0.05) is 30.3 Å². The lowest BCUT2D eigenvalue weighted by Crippen LogP contribution is -2.37. The highest BCUT2D eigenvalue weighted by Gasteiger charge is 2.54.